The molecule has 1 saturated heterocycles. The topological polar surface area (TPSA) is 62.3 Å². The minimum Gasteiger partial charge on any atom is -0.329 e. The molecule has 1 aromatic heterocycles. The zero-order valence-electron chi connectivity index (χ0n) is 11.8. The summed E-state index contributed by atoms with van der Waals surface area (Å²) in [6, 6.07) is 0. The van der Waals surface area contributed by atoms with Crippen molar-refractivity contribution in [2.45, 2.75) is 25.8 Å². The zero-order chi connectivity index (χ0) is 14.6. The number of thioether (sulfide) groups is 1. The van der Waals surface area contributed by atoms with Crippen LogP contribution in [0, 0.1) is 0 Å². The standard InChI is InChI=1S/C12H21N3O2S3/c1-3-13-7-10-8-14-12(19-10)15-5-6-18-9-11(15)20(16,17)4-2/h8,11,13H,3-7,9H2,1-2H3. The van der Waals surface area contributed by atoms with Gasteiger partial charge in [-0.05, 0) is 6.54 Å². The largest absolute Gasteiger partial charge is 0.329 e. The van der Waals surface area contributed by atoms with E-state index in [0.29, 0.717) is 5.75 Å². The maximum Gasteiger partial charge on any atom is 0.186 e. The first-order valence-electron chi connectivity index (χ1n) is 6.79. The second-order valence-corrected chi connectivity index (χ2v) is 9.25. The van der Waals surface area contributed by atoms with E-state index in [1.165, 1.54) is 0 Å². The van der Waals surface area contributed by atoms with Gasteiger partial charge in [-0.2, -0.15) is 11.8 Å². The molecule has 8 heteroatoms. The molecule has 0 aromatic carbocycles. The van der Waals surface area contributed by atoms with E-state index in [-0.39, 0.29) is 5.75 Å². The van der Waals surface area contributed by atoms with Crippen LogP contribution in [0.25, 0.3) is 0 Å². The van der Waals surface area contributed by atoms with Gasteiger partial charge in [-0.15, -0.1) is 11.3 Å². The average molecular weight is 336 g/mol. The van der Waals surface area contributed by atoms with Crippen molar-refractivity contribution in [1.29, 1.82) is 0 Å². The molecule has 5 nitrogen and oxygen atoms in total. The van der Waals surface area contributed by atoms with E-state index in [2.05, 4.69) is 17.2 Å². The van der Waals surface area contributed by atoms with Crippen molar-refractivity contribution in [3.05, 3.63) is 11.1 Å². The number of thiazole rings is 1. The van der Waals surface area contributed by atoms with Crippen LogP contribution in [0.4, 0.5) is 5.13 Å². The van der Waals surface area contributed by atoms with Crippen LogP contribution < -0.4 is 10.2 Å². The third-order valence-corrected chi connectivity index (χ3v) is 7.56. The van der Waals surface area contributed by atoms with E-state index in [1.807, 2.05) is 11.1 Å². The highest BCUT2D eigenvalue weighted by Gasteiger charge is 2.34. The fraction of sp³-hybridized carbons (Fsp3) is 0.750. The number of anilines is 1. The third kappa shape index (κ3) is 3.66. The smallest absolute Gasteiger partial charge is 0.186 e. The van der Waals surface area contributed by atoms with Crippen molar-refractivity contribution in [2.75, 3.05) is 35.2 Å². The van der Waals surface area contributed by atoms with Crippen LogP contribution in [0.2, 0.25) is 0 Å². The minimum absolute atomic E-state index is 0.185. The highest BCUT2D eigenvalue weighted by molar-refractivity contribution is 8.01. The molecule has 0 amide bonds. The number of hydrogen-bond donors (Lipinski definition) is 1. The third-order valence-electron chi connectivity index (χ3n) is 3.24. The van der Waals surface area contributed by atoms with Gasteiger partial charge in [-0.25, -0.2) is 13.4 Å². The lowest BCUT2D eigenvalue weighted by Crippen LogP contribution is -2.47. The van der Waals surface area contributed by atoms with E-state index in [4.69, 9.17) is 0 Å². The Hall–Kier alpha value is -0.310. The van der Waals surface area contributed by atoms with Crippen molar-refractivity contribution in [3.8, 4) is 0 Å². The van der Waals surface area contributed by atoms with Crippen LogP contribution in [-0.4, -0.2) is 49.1 Å². The van der Waals surface area contributed by atoms with Gasteiger partial charge in [0.15, 0.2) is 15.0 Å². The van der Waals surface area contributed by atoms with Crippen LogP contribution in [0.15, 0.2) is 6.20 Å². The predicted molar refractivity (Wildman–Crippen MR) is 87.4 cm³/mol. The van der Waals surface area contributed by atoms with Crippen LogP contribution in [0.1, 0.15) is 18.7 Å². The van der Waals surface area contributed by atoms with Gasteiger partial charge in [-0.3, -0.25) is 0 Å². The normalized spacial score (nSPS) is 20.3. The van der Waals surface area contributed by atoms with Gasteiger partial charge < -0.3 is 10.2 Å². The Kier molecular flexibility index (Phi) is 5.71. The summed E-state index contributed by atoms with van der Waals surface area (Å²) in [6.45, 7) is 6.24. The molecular weight excluding hydrogens is 314 g/mol. The maximum absolute atomic E-state index is 12.2. The van der Waals surface area contributed by atoms with Crippen molar-refractivity contribution in [1.82, 2.24) is 10.3 Å². The summed E-state index contributed by atoms with van der Waals surface area (Å²) in [6.07, 6.45) is 1.85. The molecular formula is C12H21N3O2S3. The molecule has 2 rings (SSSR count). The lowest BCUT2D eigenvalue weighted by molar-refractivity contribution is 0.579. The maximum atomic E-state index is 12.2. The Balaban J connectivity index is 2.17. The molecule has 2 heterocycles. The summed E-state index contributed by atoms with van der Waals surface area (Å²) in [4.78, 5) is 7.54. The summed E-state index contributed by atoms with van der Waals surface area (Å²) < 4.78 is 24.5. The number of aromatic nitrogens is 1. The van der Waals surface area contributed by atoms with E-state index in [1.54, 1.807) is 30.0 Å². The first-order chi connectivity index (χ1) is 9.58. The summed E-state index contributed by atoms with van der Waals surface area (Å²) in [5, 5.41) is 3.67. The summed E-state index contributed by atoms with van der Waals surface area (Å²) >= 11 is 3.30. The Morgan fingerprint density at radius 3 is 3.00 bits per heavy atom. The van der Waals surface area contributed by atoms with Gasteiger partial charge in [-0.1, -0.05) is 13.8 Å². The Bertz CT molecular complexity index is 530. The average Bonchev–Trinajstić information content (AvgIpc) is 2.94. The fourth-order valence-corrected chi connectivity index (χ4v) is 6.04. The minimum atomic E-state index is -3.07. The second-order valence-electron chi connectivity index (χ2n) is 4.56. The Labute approximate surface area is 129 Å². The molecule has 20 heavy (non-hydrogen) atoms. The highest BCUT2D eigenvalue weighted by Crippen LogP contribution is 2.30. The molecule has 1 N–H and O–H groups in total. The molecule has 1 fully saturated rings. The van der Waals surface area contributed by atoms with E-state index in [0.717, 1.165) is 35.4 Å². The van der Waals surface area contributed by atoms with Gasteiger partial charge >= 0.3 is 0 Å². The molecule has 1 unspecified atom stereocenters. The Morgan fingerprint density at radius 2 is 2.30 bits per heavy atom. The number of hydrogen-bond acceptors (Lipinski definition) is 7. The lowest BCUT2D eigenvalue weighted by atomic mass is 10.5. The molecule has 1 aromatic rings. The molecule has 0 spiro atoms. The zero-order valence-corrected chi connectivity index (χ0v) is 14.3. The van der Waals surface area contributed by atoms with Crippen molar-refractivity contribution < 1.29 is 8.42 Å². The van der Waals surface area contributed by atoms with Crippen molar-refractivity contribution >= 4 is 38.1 Å². The summed E-state index contributed by atoms with van der Waals surface area (Å²) in [7, 11) is -3.07. The monoisotopic (exact) mass is 335 g/mol. The molecule has 0 aliphatic carbocycles. The van der Waals surface area contributed by atoms with Gasteiger partial charge in [0.1, 0.15) is 5.37 Å². The first kappa shape index (κ1) is 16.1. The SMILES string of the molecule is CCNCc1cnc(N2CCSCC2S(=O)(=O)CC)s1. The van der Waals surface area contributed by atoms with E-state index < -0.39 is 15.2 Å². The molecule has 0 radical (unpaired) electrons. The van der Waals surface area contributed by atoms with Gasteiger partial charge in [0.05, 0.1) is 0 Å². The number of nitrogens with one attached hydrogen (secondary N) is 1. The molecule has 0 saturated carbocycles. The summed E-state index contributed by atoms with van der Waals surface area (Å²) in [5.41, 5.74) is 0. The number of nitrogens with zero attached hydrogens (tertiary/aromatic N) is 2. The number of sulfone groups is 1. The van der Waals surface area contributed by atoms with E-state index >= 15 is 0 Å². The van der Waals surface area contributed by atoms with Crippen LogP contribution in [0.3, 0.4) is 0 Å². The fourth-order valence-electron chi connectivity index (χ4n) is 2.05. The second kappa shape index (κ2) is 7.11. The van der Waals surface area contributed by atoms with Crippen LogP contribution in [-0.2, 0) is 16.4 Å². The first-order valence-corrected chi connectivity index (χ1v) is 10.5. The quantitative estimate of drug-likeness (QED) is 0.851. The van der Waals surface area contributed by atoms with Gasteiger partial charge in [0, 0.05) is 41.4 Å². The molecule has 0 bridgehead atoms. The molecule has 1 aliphatic rings. The van der Waals surface area contributed by atoms with E-state index in [9.17, 15) is 8.42 Å². The summed E-state index contributed by atoms with van der Waals surface area (Å²) in [5.74, 6) is 1.78. The lowest BCUT2D eigenvalue weighted by Gasteiger charge is -2.34. The highest BCUT2D eigenvalue weighted by atomic mass is 32.2. The molecule has 1 atom stereocenters. The van der Waals surface area contributed by atoms with Crippen molar-refractivity contribution in [3.63, 3.8) is 0 Å². The van der Waals surface area contributed by atoms with Gasteiger partial charge in [0.2, 0.25) is 0 Å². The van der Waals surface area contributed by atoms with Gasteiger partial charge in [0.25, 0.3) is 0 Å². The predicted octanol–water partition coefficient (Wildman–Crippen LogP) is 1.57. The molecule has 1 aliphatic heterocycles. The molecule has 114 valence electrons. The van der Waals surface area contributed by atoms with Crippen molar-refractivity contribution in [2.24, 2.45) is 0 Å². The van der Waals surface area contributed by atoms with Crippen LogP contribution >= 0.6 is 23.1 Å². The number of rotatable bonds is 6. The Morgan fingerprint density at radius 1 is 1.50 bits per heavy atom. The van der Waals surface area contributed by atoms with Crippen LogP contribution in [0.5, 0.6) is 0 Å².